The average Bonchev–Trinajstić information content (AvgIpc) is 2.06. The molecule has 1 saturated carbocycles. The highest BCUT2D eigenvalue weighted by molar-refractivity contribution is 4.69. The molecule has 0 aromatic rings. The molecule has 0 heterocycles. The average molecular weight is 176 g/mol. The van der Waals surface area contributed by atoms with Crippen LogP contribution in [-0.2, 0) is 9.78 Å². The monoisotopic (exact) mass is 176 g/mol. The SMILES string of the molecule is OOC1(OO)CCCCCCC1. The first-order valence-corrected chi connectivity index (χ1v) is 4.48. The molecule has 1 aliphatic rings. The van der Waals surface area contributed by atoms with Crippen LogP contribution in [0, 0.1) is 0 Å². The maximum atomic E-state index is 8.57. The van der Waals surface area contributed by atoms with Crippen LogP contribution in [0.5, 0.6) is 0 Å². The minimum Gasteiger partial charge on any atom is -0.249 e. The molecule has 1 aliphatic carbocycles. The van der Waals surface area contributed by atoms with E-state index in [1.54, 1.807) is 0 Å². The standard InChI is InChI=1S/C8H16O4/c9-11-8(12-10)6-4-2-1-3-5-7-8/h9-10H,1-7H2. The van der Waals surface area contributed by atoms with Crippen LogP contribution < -0.4 is 0 Å². The van der Waals surface area contributed by atoms with E-state index < -0.39 is 5.79 Å². The zero-order valence-corrected chi connectivity index (χ0v) is 7.16. The van der Waals surface area contributed by atoms with E-state index in [1.807, 2.05) is 0 Å². The normalized spacial score (nSPS) is 24.5. The molecule has 0 saturated heterocycles. The third-order valence-corrected chi connectivity index (χ3v) is 2.45. The van der Waals surface area contributed by atoms with Crippen LogP contribution in [0.3, 0.4) is 0 Å². The second-order valence-corrected chi connectivity index (χ2v) is 3.36. The number of hydrogen-bond donors (Lipinski definition) is 2. The molecular formula is C8H16O4. The molecule has 0 spiro atoms. The molecule has 1 fully saturated rings. The Balaban J connectivity index is 2.45. The first-order valence-electron chi connectivity index (χ1n) is 4.48. The molecule has 0 aromatic carbocycles. The molecule has 0 radical (unpaired) electrons. The summed E-state index contributed by atoms with van der Waals surface area (Å²) in [5.41, 5.74) is 0. The van der Waals surface area contributed by atoms with Crippen LogP contribution in [0.25, 0.3) is 0 Å². The lowest BCUT2D eigenvalue weighted by Crippen LogP contribution is -2.34. The molecule has 0 unspecified atom stereocenters. The first-order chi connectivity index (χ1) is 5.83. The van der Waals surface area contributed by atoms with Crippen molar-refractivity contribution in [2.24, 2.45) is 0 Å². The molecule has 72 valence electrons. The smallest absolute Gasteiger partial charge is 0.233 e. The molecule has 0 aliphatic heterocycles. The molecular weight excluding hydrogens is 160 g/mol. The Bertz CT molecular complexity index is 112. The topological polar surface area (TPSA) is 58.9 Å². The maximum Gasteiger partial charge on any atom is 0.233 e. The fourth-order valence-electron chi connectivity index (χ4n) is 1.64. The first kappa shape index (κ1) is 9.92. The summed E-state index contributed by atoms with van der Waals surface area (Å²) in [5, 5.41) is 17.1. The second kappa shape index (κ2) is 4.77. The summed E-state index contributed by atoms with van der Waals surface area (Å²) in [7, 11) is 0. The lowest BCUT2D eigenvalue weighted by molar-refractivity contribution is -0.490. The van der Waals surface area contributed by atoms with Crippen molar-refractivity contribution in [3.8, 4) is 0 Å². The fraction of sp³-hybridized carbons (Fsp3) is 1.00. The van der Waals surface area contributed by atoms with Gasteiger partial charge in [-0.15, -0.1) is 0 Å². The zero-order chi connectivity index (χ0) is 8.86. The molecule has 4 heteroatoms. The van der Waals surface area contributed by atoms with Gasteiger partial charge in [0.25, 0.3) is 0 Å². The van der Waals surface area contributed by atoms with Crippen LogP contribution >= 0.6 is 0 Å². The Labute approximate surface area is 72.0 Å². The van der Waals surface area contributed by atoms with E-state index in [-0.39, 0.29) is 0 Å². The summed E-state index contributed by atoms with van der Waals surface area (Å²) < 4.78 is 0. The van der Waals surface area contributed by atoms with Crippen molar-refractivity contribution < 1.29 is 20.3 Å². The van der Waals surface area contributed by atoms with Crippen molar-refractivity contribution in [2.45, 2.75) is 50.7 Å². The van der Waals surface area contributed by atoms with Gasteiger partial charge in [-0.3, -0.25) is 0 Å². The van der Waals surface area contributed by atoms with Crippen molar-refractivity contribution in [3.63, 3.8) is 0 Å². The summed E-state index contributed by atoms with van der Waals surface area (Å²) in [6.07, 6.45) is 6.37. The van der Waals surface area contributed by atoms with Gasteiger partial charge in [-0.05, 0) is 12.8 Å². The molecule has 0 amide bonds. The van der Waals surface area contributed by atoms with Gasteiger partial charge in [-0.2, -0.15) is 0 Å². The largest absolute Gasteiger partial charge is 0.249 e. The highest BCUT2D eigenvalue weighted by atomic mass is 17.2. The molecule has 4 nitrogen and oxygen atoms in total. The van der Waals surface area contributed by atoms with Crippen LogP contribution in [0.1, 0.15) is 44.9 Å². The Morgan fingerprint density at radius 2 is 1.17 bits per heavy atom. The van der Waals surface area contributed by atoms with Crippen LogP contribution in [0.4, 0.5) is 0 Å². The Kier molecular flexibility index (Phi) is 3.94. The van der Waals surface area contributed by atoms with Gasteiger partial charge < -0.3 is 0 Å². The van der Waals surface area contributed by atoms with Crippen molar-refractivity contribution in [2.75, 3.05) is 0 Å². The van der Waals surface area contributed by atoms with Crippen LogP contribution in [-0.4, -0.2) is 16.3 Å². The minimum absolute atomic E-state index is 0.556. The summed E-state index contributed by atoms with van der Waals surface area (Å²) in [5.74, 6) is -1.15. The van der Waals surface area contributed by atoms with Gasteiger partial charge in [-0.1, -0.05) is 19.3 Å². The Morgan fingerprint density at radius 3 is 1.58 bits per heavy atom. The highest BCUT2D eigenvalue weighted by Gasteiger charge is 2.33. The quantitative estimate of drug-likeness (QED) is 0.385. The summed E-state index contributed by atoms with van der Waals surface area (Å²) in [6.45, 7) is 0. The Morgan fingerprint density at radius 1 is 0.750 bits per heavy atom. The van der Waals surface area contributed by atoms with E-state index in [2.05, 4.69) is 9.78 Å². The molecule has 0 atom stereocenters. The van der Waals surface area contributed by atoms with E-state index in [0.717, 1.165) is 25.7 Å². The molecule has 2 N–H and O–H groups in total. The van der Waals surface area contributed by atoms with E-state index in [1.165, 1.54) is 6.42 Å². The van der Waals surface area contributed by atoms with E-state index >= 15 is 0 Å². The van der Waals surface area contributed by atoms with Gasteiger partial charge in [0.2, 0.25) is 5.79 Å². The lowest BCUT2D eigenvalue weighted by Gasteiger charge is -2.28. The van der Waals surface area contributed by atoms with E-state index in [9.17, 15) is 0 Å². The molecule has 0 aromatic heterocycles. The van der Waals surface area contributed by atoms with Crippen LogP contribution in [0.15, 0.2) is 0 Å². The second-order valence-electron chi connectivity index (χ2n) is 3.36. The minimum atomic E-state index is -1.15. The predicted molar refractivity (Wildman–Crippen MR) is 42.5 cm³/mol. The summed E-state index contributed by atoms with van der Waals surface area (Å²) in [4.78, 5) is 8.38. The van der Waals surface area contributed by atoms with Crippen LogP contribution in [0.2, 0.25) is 0 Å². The molecule has 1 rings (SSSR count). The highest BCUT2D eigenvalue weighted by Crippen LogP contribution is 2.29. The molecule has 0 bridgehead atoms. The Hall–Kier alpha value is -0.160. The number of rotatable bonds is 2. The van der Waals surface area contributed by atoms with Crippen molar-refractivity contribution in [1.29, 1.82) is 0 Å². The third kappa shape index (κ3) is 2.42. The van der Waals surface area contributed by atoms with Gasteiger partial charge in [0, 0.05) is 12.8 Å². The lowest BCUT2D eigenvalue weighted by atomic mass is 9.96. The van der Waals surface area contributed by atoms with Crippen molar-refractivity contribution in [3.05, 3.63) is 0 Å². The van der Waals surface area contributed by atoms with Gasteiger partial charge in [0.15, 0.2) is 0 Å². The number of hydrogen-bond acceptors (Lipinski definition) is 4. The fourth-order valence-corrected chi connectivity index (χ4v) is 1.64. The summed E-state index contributed by atoms with van der Waals surface area (Å²) >= 11 is 0. The maximum absolute atomic E-state index is 8.57. The molecule has 12 heavy (non-hydrogen) atoms. The summed E-state index contributed by atoms with van der Waals surface area (Å²) in [6, 6.07) is 0. The van der Waals surface area contributed by atoms with Gasteiger partial charge >= 0.3 is 0 Å². The van der Waals surface area contributed by atoms with E-state index in [0.29, 0.717) is 12.8 Å². The zero-order valence-electron chi connectivity index (χ0n) is 7.16. The van der Waals surface area contributed by atoms with Crippen molar-refractivity contribution >= 4 is 0 Å². The van der Waals surface area contributed by atoms with Crippen molar-refractivity contribution in [1.82, 2.24) is 0 Å². The van der Waals surface area contributed by atoms with Gasteiger partial charge in [0.1, 0.15) is 0 Å². The van der Waals surface area contributed by atoms with Gasteiger partial charge in [0.05, 0.1) is 0 Å². The predicted octanol–water partition coefficient (Wildman–Crippen LogP) is 2.41. The third-order valence-electron chi connectivity index (χ3n) is 2.45. The van der Waals surface area contributed by atoms with E-state index in [4.69, 9.17) is 10.5 Å². The van der Waals surface area contributed by atoms with Gasteiger partial charge in [-0.25, -0.2) is 20.3 Å².